The summed E-state index contributed by atoms with van der Waals surface area (Å²) in [5.74, 6) is 4.51. The number of aliphatic hydroxyl groups excluding tert-OH is 1. The van der Waals surface area contributed by atoms with Gasteiger partial charge in [-0.1, -0.05) is 23.7 Å². The fourth-order valence-corrected chi connectivity index (χ4v) is 5.28. The fraction of sp³-hybridized carbons (Fsp3) is 0.481. The summed E-state index contributed by atoms with van der Waals surface area (Å²) in [5, 5.41) is 12.2. The van der Waals surface area contributed by atoms with Gasteiger partial charge in [0.1, 0.15) is 17.4 Å². The van der Waals surface area contributed by atoms with Crippen molar-refractivity contribution in [2.45, 2.75) is 56.8 Å². The zero-order valence-electron chi connectivity index (χ0n) is 19.7. The van der Waals surface area contributed by atoms with Crippen LogP contribution in [0.15, 0.2) is 42.5 Å². The van der Waals surface area contributed by atoms with E-state index in [1.54, 1.807) is 7.11 Å². The van der Waals surface area contributed by atoms with E-state index in [0.29, 0.717) is 18.2 Å². The number of rotatable bonds is 5. The molecule has 0 amide bonds. The topological polar surface area (TPSA) is 54.4 Å². The van der Waals surface area contributed by atoms with Gasteiger partial charge in [0, 0.05) is 29.2 Å². The van der Waals surface area contributed by atoms with Crippen molar-refractivity contribution in [1.82, 2.24) is 4.90 Å². The molecule has 1 N–H and O–H groups in total. The molecule has 3 aliphatic rings. The van der Waals surface area contributed by atoms with Gasteiger partial charge in [0.2, 0.25) is 6.29 Å². The van der Waals surface area contributed by atoms with Gasteiger partial charge in [-0.15, -0.1) is 0 Å². The Morgan fingerprint density at radius 2 is 1.94 bits per heavy atom. The highest BCUT2D eigenvalue weighted by Gasteiger charge is 2.55. The Labute approximate surface area is 206 Å². The van der Waals surface area contributed by atoms with Crippen LogP contribution in [0.1, 0.15) is 43.2 Å². The number of nitrogens with zero attached hydrogens (tertiary/aromatic N) is 2. The largest absolute Gasteiger partial charge is 0.497 e. The molecule has 2 fully saturated rings. The molecule has 1 aliphatic carbocycles. The van der Waals surface area contributed by atoms with Crippen molar-refractivity contribution in [2.75, 3.05) is 25.7 Å². The predicted molar refractivity (Wildman–Crippen MR) is 131 cm³/mol. The Hall–Kier alpha value is -2.43. The summed E-state index contributed by atoms with van der Waals surface area (Å²) in [7, 11) is 3.58. The summed E-state index contributed by atoms with van der Waals surface area (Å²) in [5.41, 5.74) is 2.31. The highest BCUT2D eigenvalue weighted by molar-refractivity contribution is 6.30. The lowest BCUT2D eigenvalue weighted by atomic mass is 9.81. The van der Waals surface area contributed by atoms with E-state index in [1.165, 1.54) is 0 Å². The van der Waals surface area contributed by atoms with Gasteiger partial charge in [-0.05, 0) is 80.5 Å². The minimum atomic E-state index is -0.864. The van der Waals surface area contributed by atoms with E-state index >= 15 is 0 Å². The molecule has 7 heteroatoms. The third-order valence-electron chi connectivity index (χ3n) is 7.11. The Morgan fingerprint density at radius 1 is 1.15 bits per heavy atom. The SMILES string of the molecule is COc1ccc(CN2c3ccc(Cl)cc3C(C#COC3CCCCO3)(C3CC3)N(C)C2O)cc1. The van der Waals surface area contributed by atoms with Crippen molar-refractivity contribution in [3.8, 4) is 17.8 Å². The Bertz CT molecular complexity index is 1070. The second-order valence-electron chi connectivity index (χ2n) is 9.28. The zero-order valence-corrected chi connectivity index (χ0v) is 20.4. The van der Waals surface area contributed by atoms with Crippen LogP contribution in [-0.2, 0) is 21.6 Å². The quantitative estimate of drug-likeness (QED) is 0.624. The van der Waals surface area contributed by atoms with E-state index in [9.17, 15) is 5.11 Å². The first kappa shape index (κ1) is 23.3. The third kappa shape index (κ3) is 4.34. The maximum absolute atomic E-state index is 11.5. The van der Waals surface area contributed by atoms with Crippen LogP contribution in [-0.4, -0.2) is 43.4 Å². The van der Waals surface area contributed by atoms with Crippen molar-refractivity contribution in [3.63, 3.8) is 0 Å². The second kappa shape index (κ2) is 9.67. The summed E-state index contributed by atoms with van der Waals surface area (Å²) in [6.45, 7) is 1.24. The predicted octanol–water partition coefficient (Wildman–Crippen LogP) is 4.69. The van der Waals surface area contributed by atoms with Crippen molar-refractivity contribution in [3.05, 3.63) is 58.6 Å². The molecule has 1 saturated heterocycles. The van der Waals surface area contributed by atoms with Crippen molar-refractivity contribution in [2.24, 2.45) is 5.92 Å². The summed E-state index contributed by atoms with van der Waals surface area (Å²) in [6, 6.07) is 13.7. The maximum Gasteiger partial charge on any atom is 0.210 e. The van der Waals surface area contributed by atoms with Gasteiger partial charge in [0.25, 0.3) is 0 Å². The molecular weight excluding hydrogens is 452 g/mol. The molecule has 180 valence electrons. The fourth-order valence-electron chi connectivity index (χ4n) is 5.11. The first-order chi connectivity index (χ1) is 16.5. The molecule has 3 atom stereocenters. The smallest absolute Gasteiger partial charge is 0.210 e. The van der Waals surface area contributed by atoms with E-state index in [0.717, 1.165) is 54.7 Å². The van der Waals surface area contributed by atoms with Gasteiger partial charge >= 0.3 is 0 Å². The average molecular weight is 483 g/mol. The zero-order chi connectivity index (χ0) is 23.7. The van der Waals surface area contributed by atoms with Crippen LogP contribution in [0.4, 0.5) is 5.69 Å². The monoisotopic (exact) mass is 482 g/mol. The molecule has 2 aromatic carbocycles. The summed E-state index contributed by atoms with van der Waals surface area (Å²) in [4.78, 5) is 3.95. The lowest BCUT2D eigenvalue weighted by Gasteiger charge is -2.51. The molecule has 5 rings (SSSR count). The van der Waals surface area contributed by atoms with E-state index in [4.69, 9.17) is 25.8 Å². The lowest BCUT2D eigenvalue weighted by molar-refractivity contribution is -0.122. The normalized spacial score (nSPS) is 26.9. The Kier molecular flexibility index (Phi) is 6.63. The number of halogens is 1. The first-order valence-corrected chi connectivity index (χ1v) is 12.3. The van der Waals surface area contributed by atoms with Crippen molar-refractivity contribution < 1.29 is 19.3 Å². The van der Waals surface area contributed by atoms with Crippen molar-refractivity contribution in [1.29, 1.82) is 0 Å². The van der Waals surface area contributed by atoms with Gasteiger partial charge in [-0.25, -0.2) is 4.90 Å². The molecule has 0 bridgehead atoms. The highest BCUT2D eigenvalue weighted by Crippen LogP contribution is 2.55. The number of aliphatic hydroxyl groups is 1. The Morgan fingerprint density at radius 3 is 2.62 bits per heavy atom. The van der Waals surface area contributed by atoms with Crippen LogP contribution in [0.3, 0.4) is 0 Å². The van der Waals surface area contributed by atoms with Crippen LogP contribution >= 0.6 is 11.6 Å². The van der Waals surface area contributed by atoms with E-state index in [1.807, 2.05) is 59.3 Å². The van der Waals surface area contributed by atoms with Gasteiger partial charge in [0.05, 0.1) is 13.7 Å². The van der Waals surface area contributed by atoms with E-state index < -0.39 is 11.9 Å². The minimum Gasteiger partial charge on any atom is -0.497 e. The maximum atomic E-state index is 11.5. The minimum absolute atomic E-state index is 0.288. The number of anilines is 1. The standard InChI is InChI=1S/C27H31ClN2O4/c1-29-26(31)30(18-19-6-11-22(32-2)12-7-19)24-13-10-21(28)17-23(24)27(29,20-8-9-20)14-16-34-25-5-3-4-15-33-25/h6-7,10-13,17,20,25-26,31H,3-5,8-9,15,18H2,1-2H3. The molecule has 34 heavy (non-hydrogen) atoms. The molecule has 2 aromatic rings. The number of hydrogen-bond acceptors (Lipinski definition) is 6. The number of methoxy groups -OCH3 is 1. The molecule has 0 aromatic heterocycles. The third-order valence-corrected chi connectivity index (χ3v) is 7.35. The highest BCUT2D eigenvalue weighted by atomic mass is 35.5. The molecule has 6 nitrogen and oxygen atoms in total. The second-order valence-corrected chi connectivity index (χ2v) is 9.71. The summed E-state index contributed by atoms with van der Waals surface area (Å²) >= 11 is 6.50. The van der Waals surface area contributed by atoms with Gasteiger partial charge in [-0.3, -0.25) is 0 Å². The van der Waals surface area contributed by atoms with Crippen LogP contribution in [0.25, 0.3) is 0 Å². The van der Waals surface area contributed by atoms with E-state index in [-0.39, 0.29) is 12.2 Å². The summed E-state index contributed by atoms with van der Waals surface area (Å²) < 4.78 is 16.8. The Balaban J connectivity index is 1.52. The molecule has 0 radical (unpaired) electrons. The summed E-state index contributed by atoms with van der Waals surface area (Å²) in [6.07, 6.45) is 6.88. The molecule has 2 aliphatic heterocycles. The van der Waals surface area contributed by atoms with Gasteiger partial charge in [0.15, 0.2) is 6.35 Å². The lowest BCUT2D eigenvalue weighted by Crippen LogP contribution is -2.60. The van der Waals surface area contributed by atoms with Crippen LogP contribution in [0, 0.1) is 17.9 Å². The average Bonchev–Trinajstić information content (AvgIpc) is 3.71. The van der Waals surface area contributed by atoms with Crippen LogP contribution in [0.2, 0.25) is 5.02 Å². The molecule has 3 unspecified atom stereocenters. The number of hydrogen-bond donors (Lipinski definition) is 1. The van der Waals surface area contributed by atoms with E-state index in [2.05, 4.69) is 12.0 Å². The number of fused-ring (bicyclic) bond motifs is 1. The van der Waals surface area contributed by atoms with Crippen LogP contribution in [0.5, 0.6) is 5.75 Å². The van der Waals surface area contributed by atoms with Crippen LogP contribution < -0.4 is 9.64 Å². The number of benzene rings is 2. The van der Waals surface area contributed by atoms with Gasteiger partial charge < -0.3 is 24.2 Å². The number of ether oxygens (including phenoxy) is 3. The molecule has 2 heterocycles. The molecule has 0 spiro atoms. The van der Waals surface area contributed by atoms with Gasteiger partial charge in [-0.2, -0.15) is 0 Å². The molecule has 1 saturated carbocycles. The van der Waals surface area contributed by atoms with Crippen molar-refractivity contribution >= 4 is 17.3 Å². The first-order valence-electron chi connectivity index (χ1n) is 11.9. The molecular formula is C27H31ClN2O4.